The van der Waals surface area contributed by atoms with E-state index in [1.165, 1.54) is 12.1 Å². The quantitative estimate of drug-likeness (QED) is 0.944. The van der Waals surface area contributed by atoms with Crippen LogP contribution < -0.4 is 0 Å². The highest BCUT2D eigenvalue weighted by Crippen LogP contribution is 2.26. The molecule has 112 valence electrons. The molecule has 1 aromatic carbocycles. The summed E-state index contributed by atoms with van der Waals surface area (Å²) in [7, 11) is 0. The van der Waals surface area contributed by atoms with Crippen molar-refractivity contribution in [2.24, 2.45) is 0 Å². The molecule has 3 rings (SSSR count). The van der Waals surface area contributed by atoms with Gasteiger partial charge < -0.3 is 9.67 Å². The minimum absolute atomic E-state index is 0.00680. The number of aromatic nitrogens is 2. The molecule has 5 heteroatoms. The van der Waals surface area contributed by atoms with Gasteiger partial charge in [-0.15, -0.1) is 0 Å². The molecule has 3 nitrogen and oxygen atoms in total. The molecule has 1 heterocycles. The van der Waals surface area contributed by atoms with E-state index in [0.29, 0.717) is 0 Å². The molecule has 1 atom stereocenters. The molecular weight excluding hydrogens is 274 g/mol. The lowest BCUT2D eigenvalue weighted by Gasteiger charge is -2.18. The normalized spacial score (nSPS) is 15.8. The van der Waals surface area contributed by atoms with Gasteiger partial charge in [0.05, 0.1) is 18.3 Å². The average molecular weight is 292 g/mol. The van der Waals surface area contributed by atoms with E-state index in [1.807, 2.05) is 11.5 Å². The number of aryl methyl sites for hydroxylation is 2. The molecule has 2 aromatic rings. The second-order valence-corrected chi connectivity index (χ2v) is 5.53. The van der Waals surface area contributed by atoms with Gasteiger partial charge >= 0.3 is 0 Å². The summed E-state index contributed by atoms with van der Waals surface area (Å²) in [6.45, 7) is 2.08. The largest absolute Gasteiger partial charge is 0.386 e. The van der Waals surface area contributed by atoms with Crippen molar-refractivity contribution in [3.63, 3.8) is 0 Å². The first-order valence-electron chi connectivity index (χ1n) is 7.24. The van der Waals surface area contributed by atoms with Crippen LogP contribution in [-0.2, 0) is 19.4 Å². The highest BCUT2D eigenvalue weighted by molar-refractivity contribution is 5.23. The van der Waals surface area contributed by atoms with E-state index >= 15 is 0 Å². The Morgan fingerprint density at radius 1 is 1.29 bits per heavy atom. The molecule has 1 aliphatic carbocycles. The monoisotopic (exact) mass is 292 g/mol. The zero-order valence-corrected chi connectivity index (χ0v) is 11.9. The first-order chi connectivity index (χ1) is 10.1. The van der Waals surface area contributed by atoms with Gasteiger partial charge in [0, 0.05) is 11.3 Å². The molecule has 1 aliphatic rings. The maximum Gasteiger partial charge on any atom is 0.164 e. The summed E-state index contributed by atoms with van der Waals surface area (Å²) in [6, 6.07) is 3.88. The second kappa shape index (κ2) is 5.56. The molecule has 0 bridgehead atoms. The van der Waals surface area contributed by atoms with Crippen molar-refractivity contribution >= 4 is 0 Å². The van der Waals surface area contributed by atoms with Gasteiger partial charge in [-0.25, -0.2) is 13.8 Å². The predicted molar refractivity (Wildman–Crippen MR) is 74.9 cm³/mol. The maximum absolute atomic E-state index is 13.8. The number of fused-ring (bicyclic) bond motifs is 1. The Labute approximate surface area is 122 Å². The first-order valence-corrected chi connectivity index (χ1v) is 7.24. The number of aliphatic hydroxyl groups excluding tert-OH is 1. The predicted octanol–water partition coefficient (Wildman–Crippen LogP) is 3.08. The topological polar surface area (TPSA) is 38.0 Å². The van der Waals surface area contributed by atoms with Gasteiger partial charge in [-0.05, 0) is 38.7 Å². The van der Waals surface area contributed by atoms with E-state index < -0.39 is 17.7 Å². The number of imidazole rings is 1. The van der Waals surface area contributed by atoms with Crippen LogP contribution in [0.5, 0.6) is 0 Å². The number of rotatable bonds is 3. The van der Waals surface area contributed by atoms with Crippen LogP contribution in [0.15, 0.2) is 18.2 Å². The van der Waals surface area contributed by atoms with Crippen molar-refractivity contribution in [1.29, 1.82) is 0 Å². The van der Waals surface area contributed by atoms with Gasteiger partial charge in [0.25, 0.3) is 0 Å². The lowest BCUT2D eigenvalue weighted by molar-refractivity contribution is 0.149. The van der Waals surface area contributed by atoms with Crippen molar-refractivity contribution in [2.45, 2.75) is 45.3 Å². The van der Waals surface area contributed by atoms with Gasteiger partial charge in [-0.2, -0.15) is 0 Å². The summed E-state index contributed by atoms with van der Waals surface area (Å²) < 4.78 is 29.0. The fraction of sp³-hybridized carbons (Fsp3) is 0.438. The van der Waals surface area contributed by atoms with Crippen molar-refractivity contribution in [2.75, 3.05) is 0 Å². The molecule has 0 saturated carbocycles. The molecule has 0 aliphatic heterocycles. The Bertz CT molecular complexity index is 667. The number of hydrogen-bond acceptors (Lipinski definition) is 2. The van der Waals surface area contributed by atoms with Crippen molar-refractivity contribution < 1.29 is 13.9 Å². The van der Waals surface area contributed by atoms with Crippen LogP contribution in [-0.4, -0.2) is 14.7 Å². The Balaban J connectivity index is 1.90. The summed E-state index contributed by atoms with van der Waals surface area (Å²) in [5.74, 6) is -1.09. The molecule has 0 amide bonds. The maximum atomic E-state index is 13.8. The fourth-order valence-corrected chi connectivity index (χ4v) is 3.03. The number of benzene rings is 1. The third-order valence-corrected chi connectivity index (χ3v) is 4.12. The SMILES string of the molecule is Cc1nc2c(n1CC(O)c1cccc(F)c1F)CCCC2. The Kier molecular flexibility index (Phi) is 3.76. The average Bonchev–Trinajstić information content (AvgIpc) is 2.78. The standard InChI is InChI=1S/C16H18F2N2O/c1-10-19-13-7-2-3-8-14(13)20(10)9-15(21)11-5-4-6-12(17)16(11)18/h4-6,15,21H,2-3,7-9H2,1H3. The molecular formula is C16H18F2N2O. The molecule has 1 unspecified atom stereocenters. The fourth-order valence-electron chi connectivity index (χ4n) is 3.03. The third kappa shape index (κ3) is 2.58. The van der Waals surface area contributed by atoms with Gasteiger partial charge in [0.2, 0.25) is 0 Å². The van der Waals surface area contributed by atoms with Crippen LogP contribution >= 0.6 is 0 Å². The lowest BCUT2D eigenvalue weighted by atomic mass is 10.0. The molecule has 21 heavy (non-hydrogen) atoms. The summed E-state index contributed by atoms with van der Waals surface area (Å²) in [4.78, 5) is 4.52. The highest BCUT2D eigenvalue weighted by Gasteiger charge is 2.22. The van der Waals surface area contributed by atoms with E-state index in [2.05, 4.69) is 4.98 Å². The van der Waals surface area contributed by atoms with Crippen LogP contribution in [0.1, 0.15) is 41.7 Å². The van der Waals surface area contributed by atoms with E-state index in [9.17, 15) is 13.9 Å². The van der Waals surface area contributed by atoms with E-state index in [0.717, 1.165) is 49.0 Å². The molecule has 0 fully saturated rings. The summed E-state index contributed by atoms with van der Waals surface area (Å²) in [5, 5.41) is 10.3. The summed E-state index contributed by atoms with van der Waals surface area (Å²) in [6.07, 6.45) is 3.02. The van der Waals surface area contributed by atoms with Crippen molar-refractivity contribution in [3.8, 4) is 0 Å². The zero-order chi connectivity index (χ0) is 15.0. The Morgan fingerprint density at radius 2 is 2.05 bits per heavy atom. The Morgan fingerprint density at radius 3 is 2.86 bits per heavy atom. The first kappa shape index (κ1) is 14.2. The van der Waals surface area contributed by atoms with Crippen LogP contribution in [0.4, 0.5) is 8.78 Å². The van der Waals surface area contributed by atoms with Gasteiger partial charge in [0.1, 0.15) is 5.82 Å². The minimum Gasteiger partial charge on any atom is -0.386 e. The van der Waals surface area contributed by atoms with Gasteiger partial charge in [0.15, 0.2) is 11.6 Å². The smallest absolute Gasteiger partial charge is 0.164 e. The van der Waals surface area contributed by atoms with Crippen LogP contribution in [0.25, 0.3) is 0 Å². The number of hydrogen-bond donors (Lipinski definition) is 1. The van der Waals surface area contributed by atoms with Gasteiger partial charge in [-0.1, -0.05) is 12.1 Å². The number of halogens is 2. The lowest BCUT2D eigenvalue weighted by Crippen LogP contribution is -2.16. The Hall–Kier alpha value is -1.75. The van der Waals surface area contributed by atoms with Crippen LogP contribution in [0, 0.1) is 18.6 Å². The number of nitrogens with zero attached hydrogens (tertiary/aromatic N) is 2. The van der Waals surface area contributed by atoms with Gasteiger partial charge in [-0.3, -0.25) is 0 Å². The van der Waals surface area contributed by atoms with E-state index in [4.69, 9.17) is 0 Å². The van der Waals surface area contributed by atoms with Crippen molar-refractivity contribution in [3.05, 3.63) is 52.6 Å². The molecule has 1 N–H and O–H groups in total. The molecule has 1 aromatic heterocycles. The molecule has 0 saturated heterocycles. The number of aliphatic hydroxyl groups is 1. The molecule has 0 radical (unpaired) electrons. The zero-order valence-electron chi connectivity index (χ0n) is 11.9. The second-order valence-electron chi connectivity index (χ2n) is 5.53. The van der Waals surface area contributed by atoms with Crippen LogP contribution in [0.2, 0.25) is 0 Å². The van der Waals surface area contributed by atoms with Crippen molar-refractivity contribution in [1.82, 2.24) is 9.55 Å². The van der Waals surface area contributed by atoms with E-state index in [-0.39, 0.29) is 12.1 Å². The summed E-state index contributed by atoms with van der Waals surface area (Å²) in [5.41, 5.74) is 2.19. The van der Waals surface area contributed by atoms with E-state index in [1.54, 1.807) is 0 Å². The molecule has 0 spiro atoms. The van der Waals surface area contributed by atoms with Crippen LogP contribution in [0.3, 0.4) is 0 Å². The third-order valence-electron chi connectivity index (χ3n) is 4.12. The minimum atomic E-state index is -1.08. The summed E-state index contributed by atoms with van der Waals surface area (Å²) >= 11 is 0. The highest BCUT2D eigenvalue weighted by atomic mass is 19.2.